The Hall–Kier alpha value is 1.99. The van der Waals surface area contributed by atoms with Gasteiger partial charge in [0.1, 0.15) is 0 Å². The van der Waals surface area contributed by atoms with E-state index < -0.39 is 23.5 Å². The molecule has 0 aromatic rings. The molecule has 0 rings (SSSR count). The second-order valence-electron chi connectivity index (χ2n) is 3.13. The number of hydrogen-bond donors (Lipinski definition) is 0. The number of nitrogens with zero attached hydrogens (tertiary/aromatic N) is 1. The molecule has 0 unspecified atom stereocenters. The summed E-state index contributed by atoms with van der Waals surface area (Å²) in [6.07, 6.45) is 0. The average Bonchev–Trinajstić information content (AvgIpc) is 1.59. The van der Waals surface area contributed by atoms with Crippen LogP contribution in [0.5, 0.6) is 0 Å². The van der Waals surface area contributed by atoms with Crippen LogP contribution in [-0.4, -0.2) is 28.6 Å². The normalized spacial score (nSPS) is 14.3. The summed E-state index contributed by atoms with van der Waals surface area (Å²) in [6.45, 7) is 0. The summed E-state index contributed by atoms with van der Waals surface area (Å²) in [5.41, 5.74) is 0. The van der Waals surface area contributed by atoms with Crippen molar-refractivity contribution in [1.82, 2.24) is 2.89 Å². The van der Waals surface area contributed by atoms with Gasteiger partial charge in [-0.3, -0.25) is 0 Å². The quantitative estimate of drug-likeness (QED) is 0.565. The van der Waals surface area contributed by atoms with Crippen molar-refractivity contribution in [1.29, 1.82) is 0 Å². The zero-order valence-corrected chi connectivity index (χ0v) is 12.6. The molecule has 0 aliphatic rings. The van der Waals surface area contributed by atoms with E-state index in [4.69, 9.17) is 34.3 Å². The molecule has 62 valence electrons. The van der Waals surface area contributed by atoms with Crippen molar-refractivity contribution < 1.29 is 0 Å². The van der Waals surface area contributed by atoms with Gasteiger partial charge in [0, 0.05) is 0 Å². The van der Waals surface area contributed by atoms with Crippen molar-refractivity contribution in [3.63, 3.8) is 0 Å². The molecule has 0 aromatic heterocycles. The van der Waals surface area contributed by atoms with E-state index in [1.807, 2.05) is 9.94 Å². The maximum atomic E-state index is 5.84. The van der Waals surface area contributed by atoms with Crippen molar-refractivity contribution in [3.8, 4) is 0 Å². The van der Waals surface area contributed by atoms with Crippen LogP contribution in [0.2, 0.25) is 14.8 Å². The summed E-state index contributed by atoms with van der Waals surface area (Å²) >= 11 is 14.6. The summed E-state index contributed by atoms with van der Waals surface area (Å²) in [6, 6.07) is 0. The Bertz CT molecular complexity index is 163. The molecular formula is C4H12Cl2NPSSn. The van der Waals surface area contributed by atoms with E-state index in [-0.39, 0.29) is 0 Å². The number of rotatable bonds is 2. The Morgan fingerprint density at radius 1 is 1.30 bits per heavy atom. The van der Waals surface area contributed by atoms with E-state index in [0.29, 0.717) is 0 Å². The molecule has 0 amide bonds. The minimum absolute atomic E-state index is 1.94. The van der Waals surface area contributed by atoms with Gasteiger partial charge < -0.3 is 0 Å². The maximum absolute atomic E-state index is 5.84. The molecule has 10 heavy (non-hydrogen) atoms. The first-order chi connectivity index (χ1) is 4.15. The SMILES string of the molecule is C[N](P(=S)(Cl)Cl)[Sn]([CH3])([CH3])[CH3]. The van der Waals surface area contributed by atoms with Crippen molar-refractivity contribution >= 4 is 57.8 Å². The average molecular weight is 327 g/mol. The van der Waals surface area contributed by atoms with Gasteiger partial charge in [0.15, 0.2) is 0 Å². The Kier molecular flexibility index (Phi) is 4.55. The second-order valence-corrected chi connectivity index (χ2v) is 26.2. The topological polar surface area (TPSA) is 3.24 Å². The first kappa shape index (κ1) is 12.0. The molecule has 0 aliphatic heterocycles. The number of halogens is 2. The van der Waals surface area contributed by atoms with E-state index in [2.05, 4.69) is 14.8 Å². The van der Waals surface area contributed by atoms with Crippen LogP contribution >= 0.6 is 27.4 Å². The van der Waals surface area contributed by atoms with Crippen molar-refractivity contribution in [2.24, 2.45) is 0 Å². The van der Waals surface area contributed by atoms with Gasteiger partial charge in [-0.2, -0.15) is 0 Å². The first-order valence-electron chi connectivity index (χ1n) is 2.89. The monoisotopic (exact) mass is 327 g/mol. The molecule has 0 aromatic carbocycles. The van der Waals surface area contributed by atoms with E-state index in [9.17, 15) is 0 Å². The Balaban J connectivity index is 4.39. The molecule has 0 radical (unpaired) electrons. The molecule has 0 bridgehead atoms. The summed E-state index contributed by atoms with van der Waals surface area (Å²) in [4.78, 5) is 4.54. The van der Waals surface area contributed by atoms with Gasteiger partial charge in [0.25, 0.3) is 0 Å². The minimum atomic E-state index is -2.17. The van der Waals surface area contributed by atoms with Crippen molar-refractivity contribution in [3.05, 3.63) is 0 Å². The van der Waals surface area contributed by atoms with Crippen LogP contribution in [0.1, 0.15) is 0 Å². The van der Waals surface area contributed by atoms with E-state index in [1.54, 1.807) is 0 Å². The molecule has 0 fully saturated rings. The summed E-state index contributed by atoms with van der Waals surface area (Å²) in [5, 5.41) is 0. The fraction of sp³-hybridized carbons (Fsp3) is 1.00. The van der Waals surface area contributed by atoms with E-state index in [0.717, 1.165) is 0 Å². The zero-order valence-electron chi connectivity index (χ0n) is 6.56. The second kappa shape index (κ2) is 3.80. The third-order valence-corrected chi connectivity index (χ3v) is 19.7. The molecule has 0 heterocycles. The van der Waals surface area contributed by atoms with Gasteiger partial charge in [-0.15, -0.1) is 0 Å². The summed E-state index contributed by atoms with van der Waals surface area (Å²) < 4.78 is 2.04. The number of hydrogen-bond acceptors (Lipinski definition) is 1. The third-order valence-electron chi connectivity index (χ3n) is 1.32. The van der Waals surface area contributed by atoms with Crippen molar-refractivity contribution in [2.75, 3.05) is 7.05 Å². The zero-order chi connectivity index (χ0) is 8.58. The molecule has 0 aliphatic carbocycles. The van der Waals surface area contributed by atoms with E-state index in [1.165, 1.54) is 0 Å². The third kappa shape index (κ3) is 4.12. The standard InChI is InChI=1S/CH3Cl2NPS.3CH3.Sn/c1-4-5(2,3)6;;;;/h1H3;3*1H3;/q-1;;;;+1. The first-order valence-corrected chi connectivity index (χ1v) is 17.3. The van der Waals surface area contributed by atoms with Crippen LogP contribution in [-0.2, 0) is 11.8 Å². The Labute approximate surface area is 81.9 Å². The van der Waals surface area contributed by atoms with Gasteiger partial charge in [0.2, 0.25) is 0 Å². The fourth-order valence-corrected chi connectivity index (χ4v) is 21.1. The van der Waals surface area contributed by atoms with Crippen LogP contribution in [0.25, 0.3) is 0 Å². The fourth-order valence-electron chi connectivity index (χ4n) is 0.349. The molecule has 1 nitrogen and oxygen atoms in total. The molecule has 0 saturated heterocycles. The molecular weight excluding hydrogens is 315 g/mol. The van der Waals surface area contributed by atoms with Gasteiger partial charge in [-0.05, 0) is 0 Å². The summed E-state index contributed by atoms with van der Waals surface area (Å²) in [7, 11) is 1.94. The van der Waals surface area contributed by atoms with Crippen molar-refractivity contribution in [2.45, 2.75) is 14.8 Å². The molecule has 0 spiro atoms. The Morgan fingerprint density at radius 2 is 1.60 bits per heavy atom. The van der Waals surface area contributed by atoms with Crippen LogP contribution < -0.4 is 0 Å². The van der Waals surface area contributed by atoms with Gasteiger partial charge in [-0.25, -0.2) is 0 Å². The van der Waals surface area contributed by atoms with Crippen LogP contribution in [0.4, 0.5) is 0 Å². The predicted octanol–water partition coefficient (Wildman–Crippen LogP) is 3.46. The molecule has 0 atom stereocenters. The predicted molar refractivity (Wildman–Crippen MR) is 57.1 cm³/mol. The molecule has 0 N–H and O–H groups in total. The van der Waals surface area contributed by atoms with Crippen LogP contribution in [0.3, 0.4) is 0 Å². The Morgan fingerprint density at radius 3 is 1.60 bits per heavy atom. The van der Waals surface area contributed by atoms with E-state index >= 15 is 0 Å². The van der Waals surface area contributed by atoms with Gasteiger partial charge in [0.05, 0.1) is 0 Å². The van der Waals surface area contributed by atoms with Crippen LogP contribution in [0, 0.1) is 0 Å². The van der Waals surface area contributed by atoms with Gasteiger partial charge >= 0.3 is 82.6 Å². The molecule has 6 heteroatoms. The van der Waals surface area contributed by atoms with Gasteiger partial charge in [-0.1, -0.05) is 0 Å². The van der Waals surface area contributed by atoms with Crippen LogP contribution in [0.15, 0.2) is 0 Å². The summed E-state index contributed by atoms with van der Waals surface area (Å²) in [5.74, 6) is 0. The molecule has 0 saturated carbocycles.